The van der Waals surface area contributed by atoms with Crippen LogP contribution in [-0.2, 0) is 0 Å². The molecule has 0 radical (unpaired) electrons. The summed E-state index contributed by atoms with van der Waals surface area (Å²) in [6.45, 7) is 4.45. The Labute approximate surface area is 166 Å². The summed E-state index contributed by atoms with van der Waals surface area (Å²) < 4.78 is 0. The Morgan fingerprint density at radius 1 is 1.04 bits per heavy atom. The molecule has 0 aliphatic heterocycles. The Morgan fingerprint density at radius 2 is 1.81 bits per heavy atom. The molecule has 1 nitrogen and oxygen atoms in total. The summed E-state index contributed by atoms with van der Waals surface area (Å²) >= 11 is 0. The van der Waals surface area contributed by atoms with Crippen LogP contribution in [0.4, 0.5) is 0 Å². The molecule has 0 saturated carbocycles. The molecule has 0 spiro atoms. The molecule has 27 heavy (non-hydrogen) atoms. The van der Waals surface area contributed by atoms with E-state index in [0.717, 1.165) is 25.7 Å². The van der Waals surface area contributed by atoms with E-state index in [0.29, 0.717) is 11.8 Å². The van der Waals surface area contributed by atoms with Crippen LogP contribution in [0.3, 0.4) is 0 Å². The second kappa shape index (κ2) is 12.7. The van der Waals surface area contributed by atoms with Crippen molar-refractivity contribution in [1.29, 1.82) is 0 Å². The van der Waals surface area contributed by atoms with Crippen LogP contribution < -0.4 is 0 Å². The molecule has 0 aromatic heterocycles. The lowest BCUT2D eigenvalue weighted by Crippen LogP contribution is -2.10. The van der Waals surface area contributed by atoms with E-state index in [2.05, 4.69) is 74.6 Å². The molecule has 1 aromatic rings. The van der Waals surface area contributed by atoms with E-state index in [1.165, 1.54) is 43.2 Å². The third-order valence-corrected chi connectivity index (χ3v) is 5.61. The number of aliphatic hydroxyl groups excluding tert-OH is 1. The summed E-state index contributed by atoms with van der Waals surface area (Å²) in [6.07, 6.45) is 21.4. The fraction of sp³-hybridized carbons (Fsp3) is 0.538. The van der Waals surface area contributed by atoms with Gasteiger partial charge in [0.05, 0.1) is 6.10 Å². The predicted molar refractivity (Wildman–Crippen MR) is 118 cm³/mol. The maximum absolute atomic E-state index is 10.3. The SMILES string of the molecule is CCCC/C=C\CC1=CCC(c2ccccc2)[C@H]1/C=C/C(O)CCCCC. The van der Waals surface area contributed by atoms with Gasteiger partial charge in [0.15, 0.2) is 0 Å². The summed E-state index contributed by atoms with van der Waals surface area (Å²) in [7, 11) is 0. The minimum absolute atomic E-state index is 0.310. The summed E-state index contributed by atoms with van der Waals surface area (Å²) in [4.78, 5) is 0. The highest BCUT2D eigenvalue weighted by Crippen LogP contribution is 2.42. The zero-order chi connectivity index (χ0) is 19.3. The number of benzene rings is 1. The Hall–Kier alpha value is -1.60. The first-order chi connectivity index (χ1) is 13.3. The number of rotatable bonds is 12. The molecular formula is C26H38O. The second-order valence-electron chi connectivity index (χ2n) is 7.82. The van der Waals surface area contributed by atoms with Gasteiger partial charge in [0, 0.05) is 5.92 Å². The first-order valence-electron chi connectivity index (χ1n) is 11.0. The minimum Gasteiger partial charge on any atom is -0.389 e. The molecule has 1 N–H and O–H groups in total. The van der Waals surface area contributed by atoms with Gasteiger partial charge in [0.2, 0.25) is 0 Å². The molecule has 0 saturated heterocycles. The normalized spacial score (nSPS) is 21.2. The first kappa shape index (κ1) is 21.7. The van der Waals surface area contributed by atoms with E-state index >= 15 is 0 Å². The van der Waals surface area contributed by atoms with Gasteiger partial charge in [0.25, 0.3) is 0 Å². The molecule has 1 aromatic carbocycles. The smallest absolute Gasteiger partial charge is 0.0721 e. The van der Waals surface area contributed by atoms with Crippen molar-refractivity contribution in [3.05, 3.63) is 71.8 Å². The maximum Gasteiger partial charge on any atom is 0.0721 e. The predicted octanol–water partition coefficient (Wildman–Crippen LogP) is 7.35. The summed E-state index contributed by atoms with van der Waals surface area (Å²) in [5, 5.41) is 10.3. The largest absolute Gasteiger partial charge is 0.389 e. The molecule has 1 aliphatic rings. The Balaban J connectivity index is 2.03. The van der Waals surface area contributed by atoms with Crippen LogP contribution in [0.5, 0.6) is 0 Å². The van der Waals surface area contributed by atoms with Crippen molar-refractivity contribution < 1.29 is 5.11 Å². The van der Waals surface area contributed by atoms with Gasteiger partial charge >= 0.3 is 0 Å². The molecule has 2 rings (SSSR count). The lowest BCUT2D eigenvalue weighted by Gasteiger charge is -2.21. The van der Waals surface area contributed by atoms with Crippen molar-refractivity contribution in [2.24, 2.45) is 5.92 Å². The molecule has 0 fully saturated rings. The topological polar surface area (TPSA) is 20.2 Å². The average Bonchev–Trinajstić information content (AvgIpc) is 3.10. The average molecular weight is 367 g/mol. The highest BCUT2D eigenvalue weighted by molar-refractivity contribution is 5.33. The van der Waals surface area contributed by atoms with Crippen LogP contribution in [0.1, 0.15) is 83.1 Å². The number of aliphatic hydroxyl groups is 1. The summed E-state index contributed by atoms with van der Waals surface area (Å²) in [5.74, 6) is 0.911. The van der Waals surface area contributed by atoms with Gasteiger partial charge in [0.1, 0.15) is 0 Å². The van der Waals surface area contributed by atoms with Gasteiger partial charge < -0.3 is 5.11 Å². The van der Waals surface area contributed by atoms with Crippen molar-refractivity contribution in [2.45, 2.75) is 83.7 Å². The zero-order valence-electron chi connectivity index (χ0n) is 17.3. The Bertz CT molecular complexity index is 596. The molecule has 3 atom stereocenters. The number of hydrogen-bond acceptors (Lipinski definition) is 1. The molecule has 0 bridgehead atoms. The van der Waals surface area contributed by atoms with Gasteiger partial charge in [-0.2, -0.15) is 0 Å². The standard InChI is InChI=1S/C26H38O/c1-3-5-7-8-11-16-23-18-20-25(22-14-12-9-13-15-22)26(23)21-19-24(27)17-10-6-4-2/h8-9,11-15,18-19,21,24-27H,3-7,10,16-17,20H2,1-2H3/b11-8-,21-19+/t24?,25?,26-/m0/s1. The van der Waals surface area contributed by atoms with Crippen molar-refractivity contribution in [3.63, 3.8) is 0 Å². The van der Waals surface area contributed by atoms with E-state index < -0.39 is 0 Å². The van der Waals surface area contributed by atoms with E-state index in [-0.39, 0.29) is 6.10 Å². The van der Waals surface area contributed by atoms with Crippen LogP contribution in [0.15, 0.2) is 66.3 Å². The van der Waals surface area contributed by atoms with Crippen LogP contribution in [0, 0.1) is 5.92 Å². The number of unbranched alkanes of at least 4 members (excludes halogenated alkanes) is 4. The molecule has 1 aliphatic carbocycles. The maximum atomic E-state index is 10.3. The van der Waals surface area contributed by atoms with Gasteiger partial charge in [-0.3, -0.25) is 0 Å². The van der Waals surface area contributed by atoms with E-state index in [9.17, 15) is 5.11 Å². The van der Waals surface area contributed by atoms with Gasteiger partial charge in [-0.25, -0.2) is 0 Å². The molecule has 0 amide bonds. The van der Waals surface area contributed by atoms with Gasteiger partial charge in [-0.1, -0.05) is 112 Å². The molecular weight excluding hydrogens is 328 g/mol. The van der Waals surface area contributed by atoms with Crippen molar-refractivity contribution in [1.82, 2.24) is 0 Å². The van der Waals surface area contributed by atoms with E-state index in [4.69, 9.17) is 0 Å². The fourth-order valence-electron chi connectivity index (χ4n) is 3.95. The Kier molecular flexibility index (Phi) is 10.2. The molecule has 1 heteroatoms. The van der Waals surface area contributed by atoms with Crippen molar-refractivity contribution in [2.75, 3.05) is 0 Å². The highest BCUT2D eigenvalue weighted by Gasteiger charge is 2.28. The first-order valence-corrected chi connectivity index (χ1v) is 11.0. The lowest BCUT2D eigenvalue weighted by molar-refractivity contribution is 0.207. The van der Waals surface area contributed by atoms with Gasteiger partial charge in [-0.05, 0) is 37.2 Å². The zero-order valence-corrected chi connectivity index (χ0v) is 17.3. The lowest BCUT2D eigenvalue weighted by atomic mass is 9.84. The monoisotopic (exact) mass is 366 g/mol. The van der Waals surface area contributed by atoms with Crippen molar-refractivity contribution >= 4 is 0 Å². The summed E-state index contributed by atoms with van der Waals surface area (Å²) in [5.41, 5.74) is 2.92. The fourth-order valence-corrected chi connectivity index (χ4v) is 3.95. The van der Waals surface area contributed by atoms with E-state index in [1.807, 2.05) is 0 Å². The number of allylic oxidation sites excluding steroid dienone is 5. The minimum atomic E-state index is -0.310. The Morgan fingerprint density at radius 3 is 2.56 bits per heavy atom. The van der Waals surface area contributed by atoms with E-state index in [1.54, 1.807) is 0 Å². The van der Waals surface area contributed by atoms with Crippen LogP contribution in [-0.4, -0.2) is 11.2 Å². The highest BCUT2D eigenvalue weighted by atomic mass is 16.3. The van der Waals surface area contributed by atoms with Crippen molar-refractivity contribution in [3.8, 4) is 0 Å². The van der Waals surface area contributed by atoms with Crippen LogP contribution in [0.25, 0.3) is 0 Å². The summed E-state index contributed by atoms with van der Waals surface area (Å²) in [6, 6.07) is 10.9. The third kappa shape index (κ3) is 7.50. The quantitative estimate of drug-likeness (QED) is 0.303. The molecule has 0 heterocycles. The van der Waals surface area contributed by atoms with Crippen LogP contribution in [0.2, 0.25) is 0 Å². The third-order valence-electron chi connectivity index (χ3n) is 5.61. The van der Waals surface area contributed by atoms with Crippen LogP contribution >= 0.6 is 0 Å². The van der Waals surface area contributed by atoms with Gasteiger partial charge in [-0.15, -0.1) is 0 Å². The second-order valence-corrected chi connectivity index (χ2v) is 7.82. The number of hydrogen-bond donors (Lipinski definition) is 1. The molecule has 2 unspecified atom stereocenters. The molecule has 148 valence electrons.